The molecule has 28 heavy (non-hydrogen) atoms. The van der Waals surface area contributed by atoms with Gasteiger partial charge >= 0.3 is 5.97 Å². The quantitative estimate of drug-likeness (QED) is 0.829. The summed E-state index contributed by atoms with van der Waals surface area (Å²) in [5.41, 5.74) is 4.76. The van der Waals surface area contributed by atoms with Gasteiger partial charge in [0, 0.05) is 18.8 Å². The second-order valence-electron chi connectivity index (χ2n) is 8.17. The van der Waals surface area contributed by atoms with E-state index < -0.39 is 5.97 Å². The standard InChI is InChI=1S/C23H26N2O3/c1-15-6-5-9-19(16(15)2)24-20-8-4-3-7-17(20)21(26)25-12-10-23(11-13-25)14-18(23)22(27)28/h3-9,18,24H,10-14H2,1-2H3,(H,27,28). The normalized spacial score (nSPS) is 20.1. The number of carboxylic acids is 1. The molecular formula is C23H26N2O3. The van der Waals surface area contributed by atoms with Gasteiger partial charge in [-0.2, -0.15) is 0 Å². The van der Waals surface area contributed by atoms with Crippen LogP contribution in [0.25, 0.3) is 0 Å². The molecule has 1 aliphatic heterocycles. The van der Waals surface area contributed by atoms with Crippen molar-refractivity contribution in [1.82, 2.24) is 4.90 Å². The molecular weight excluding hydrogens is 352 g/mol. The second-order valence-corrected chi connectivity index (χ2v) is 8.17. The van der Waals surface area contributed by atoms with Crippen molar-refractivity contribution in [3.05, 3.63) is 59.2 Å². The first-order chi connectivity index (χ1) is 13.4. The van der Waals surface area contributed by atoms with Crippen LogP contribution in [0.5, 0.6) is 0 Å². The molecule has 0 radical (unpaired) electrons. The van der Waals surface area contributed by atoms with E-state index in [2.05, 4.69) is 25.2 Å². The van der Waals surface area contributed by atoms with E-state index in [1.54, 1.807) is 0 Å². The molecule has 1 spiro atoms. The minimum Gasteiger partial charge on any atom is -0.481 e. The zero-order valence-electron chi connectivity index (χ0n) is 16.4. The van der Waals surface area contributed by atoms with Gasteiger partial charge in [0.25, 0.3) is 5.91 Å². The van der Waals surface area contributed by atoms with Gasteiger partial charge in [-0.05, 0) is 67.9 Å². The number of benzene rings is 2. The fourth-order valence-electron chi connectivity index (χ4n) is 4.39. The van der Waals surface area contributed by atoms with Crippen molar-refractivity contribution in [1.29, 1.82) is 0 Å². The molecule has 146 valence electrons. The Balaban J connectivity index is 1.50. The van der Waals surface area contributed by atoms with Crippen molar-refractivity contribution >= 4 is 23.3 Å². The maximum atomic E-state index is 13.2. The molecule has 1 saturated heterocycles. The molecule has 5 nitrogen and oxygen atoms in total. The molecule has 2 aliphatic rings. The van der Waals surface area contributed by atoms with Crippen LogP contribution in [-0.2, 0) is 4.79 Å². The summed E-state index contributed by atoms with van der Waals surface area (Å²) in [4.78, 5) is 26.3. The molecule has 2 aromatic carbocycles. The first kappa shape index (κ1) is 18.5. The molecule has 2 aromatic rings. The average molecular weight is 378 g/mol. The number of anilines is 2. The molecule has 5 heteroatoms. The number of carbonyl (C=O) groups excluding carboxylic acids is 1. The smallest absolute Gasteiger partial charge is 0.307 e. The van der Waals surface area contributed by atoms with Crippen LogP contribution in [0.1, 0.15) is 40.7 Å². The summed E-state index contributed by atoms with van der Waals surface area (Å²) < 4.78 is 0. The zero-order chi connectivity index (χ0) is 19.9. The molecule has 1 unspecified atom stereocenters. The van der Waals surface area contributed by atoms with E-state index in [-0.39, 0.29) is 17.2 Å². The molecule has 2 fully saturated rings. The van der Waals surface area contributed by atoms with Gasteiger partial charge in [-0.15, -0.1) is 0 Å². The number of piperidine rings is 1. The van der Waals surface area contributed by atoms with Crippen LogP contribution in [0.3, 0.4) is 0 Å². The molecule has 1 saturated carbocycles. The van der Waals surface area contributed by atoms with Crippen molar-refractivity contribution in [3.8, 4) is 0 Å². The summed E-state index contributed by atoms with van der Waals surface area (Å²) in [6, 6.07) is 13.7. The highest BCUT2D eigenvalue weighted by Crippen LogP contribution is 2.59. The minimum absolute atomic E-state index is 0.00998. The predicted octanol–water partition coefficient (Wildman–Crippen LogP) is 4.37. The zero-order valence-corrected chi connectivity index (χ0v) is 16.4. The van der Waals surface area contributed by atoms with Crippen LogP contribution in [0.2, 0.25) is 0 Å². The van der Waals surface area contributed by atoms with Gasteiger partial charge in [0.2, 0.25) is 0 Å². The van der Waals surface area contributed by atoms with Crippen LogP contribution in [0, 0.1) is 25.2 Å². The van der Waals surface area contributed by atoms with E-state index in [1.807, 2.05) is 41.3 Å². The van der Waals surface area contributed by atoms with Gasteiger partial charge in [0.15, 0.2) is 0 Å². The number of rotatable bonds is 4. The first-order valence-electron chi connectivity index (χ1n) is 9.86. The van der Waals surface area contributed by atoms with Crippen molar-refractivity contribution in [2.75, 3.05) is 18.4 Å². The number of hydrogen-bond acceptors (Lipinski definition) is 3. The van der Waals surface area contributed by atoms with Crippen LogP contribution in [0.4, 0.5) is 11.4 Å². The lowest BCUT2D eigenvalue weighted by molar-refractivity contribution is -0.139. The Hall–Kier alpha value is -2.82. The summed E-state index contributed by atoms with van der Waals surface area (Å²) in [6.45, 7) is 5.39. The summed E-state index contributed by atoms with van der Waals surface area (Å²) in [5.74, 6) is -0.901. The highest BCUT2D eigenvalue weighted by molar-refractivity contribution is 6.00. The van der Waals surface area contributed by atoms with E-state index in [9.17, 15) is 14.7 Å². The maximum Gasteiger partial charge on any atom is 0.307 e. The number of aryl methyl sites for hydroxylation is 1. The number of para-hydroxylation sites is 1. The summed E-state index contributed by atoms with van der Waals surface area (Å²) in [6.07, 6.45) is 2.32. The highest BCUT2D eigenvalue weighted by atomic mass is 16.4. The van der Waals surface area contributed by atoms with Crippen LogP contribution in [0.15, 0.2) is 42.5 Å². The molecule has 1 amide bonds. The fourth-order valence-corrected chi connectivity index (χ4v) is 4.39. The third-order valence-electron chi connectivity index (χ3n) is 6.57. The molecule has 2 N–H and O–H groups in total. The van der Waals surface area contributed by atoms with Crippen molar-refractivity contribution < 1.29 is 14.7 Å². The monoisotopic (exact) mass is 378 g/mol. The molecule has 1 aliphatic carbocycles. The number of aliphatic carboxylic acids is 1. The van der Waals surface area contributed by atoms with Gasteiger partial charge in [-0.25, -0.2) is 0 Å². The predicted molar refractivity (Wildman–Crippen MR) is 109 cm³/mol. The van der Waals surface area contributed by atoms with Gasteiger partial charge in [-0.3, -0.25) is 9.59 Å². The Labute approximate surface area is 165 Å². The number of nitrogens with one attached hydrogen (secondary N) is 1. The molecule has 0 bridgehead atoms. The number of carboxylic acid groups (broad SMARTS) is 1. The number of amides is 1. The first-order valence-corrected chi connectivity index (χ1v) is 9.86. The lowest BCUT2D eigenvalue weighted by Crippen LogP contribution is -2.40. The second kappa shape index (κ2) is 6.97. The molecule has 1 atom stereocenters. The van der Waals surface area contributed by atoms with Crippen LogP contribution in [-0.4, -0.2) is 35.0 Å². The molecule has 4 rings (SSSR count). The Bertz CT molecular complexity index is 929. The number of carbonyl (C=O) groups is 2. The maximum absolute atomic E-state index is 13.2. The van der Waals surface area contributed by atoms with Gasteiger partial charge in [0.05, 0.1) is 17.2 Å². The van der Waals surface area contributed by atoms with E-state index in [1.165, 1.54) is 5.56 Å². The molecule has 1 heterocycles. The Morgan fingerprint density at radius 2 is 1.71 bits per heavy atom. The van der Waals surface area contributed by atoms with Gasteiger partial charge < -0.3 is 15.3 Å². The fraction of sp³-hybridized carbons (Fsp3) is 0.391. The van der Waals surface area contributed by atoms with Crippen LogP contribution >= 0.6 is 0 Å². The van der Waals surface area contributed by atoms with E-state index >= 15 is 0 Å². The van der Waals surface area contributed by atoms with Gasteiger partial charge in [-0.1, -0.05) is 24.3 Å². The minimum atomic E-state index is -0.692. The molecule has 0 aromatic heterocycles. The third-order valence-corrected chi connectivity index (χ3v) is 6.57. The summed E-state index contributed by atoms with van der Waals surface area (Å²) in [7, 11) is 0. The van der Waals surface area contributed by atoms with E-state index in [0.717, 1.165) is 36.2 Å². The number of hydrogen-bond donors (Lipinski definition) is 2. The Morgan fingerprint density at radius 3 is 2.39 bits per heavy atom. The Morgan fingerprint density at radius 1 is 1.04 bits per heavy atom. The summed E-state index contributed by atoms with van der Waals surface area (Å²) in [5, 5.41) is 12.7. The number of likely N-dealkylation sites (tertiary alicyclic amines) is 1. The number of nitrogens with zero attached hydrogens (tertiary/aromatic N) is 1. The summed E-state index contributed by atoms with van der Waals surface area (Å²) >= 11 is 0. The van der Waals surface area contributed by atoms with E-state index in [0.29, 0.717) is 18.7 Å². The average Bonchev–Trinajstić information content (AvgIpc) is 3.40. The van der Waals surface area contributed by atoms with Crippen molar-refractivity contribution in [2.24, 2.45) is 11.3 Å². The van der Waals surface area contributed by atoms with Crippen molar-refractivity contribution in [2.45, 2.75) is 33.1 Å². The third kappa shape index (κ3) is 3.26. The topological polar surface area (TPSA) is 69.6 Å². The Kier molecular flexibility index (Phi) is 4.61. The lowest BCUT2D eigenvalue weighted by atomic mass is 9.90. The highest BCUT2D eigenvalue weighted by Gasteiger charge is 2.59. The van der Waals surface area contributed by atoms with Crippen LogP contribution < -0.4 is 5.32 Å². The largest absolute Gasteiger partial charge is 0.481 e. The van der Waals surface area contributed by atoms with Gasteiger partial charge in [0.1, 0.15) is 0 Å². The van der Waals surface area contributed by atoms with Crippen molar-refractivity contribution in [3.63, 3.8) is 0 Å². The van der Waals surface area contributed by atoms with E-state index in [4.69, 9.17) is 0 Å². The SMILES string of the molecule is Cc1cccc(Nc2ccccc2C(=O)N2CCC3(CC2)CC3C(=O)O)c1C. The lowest BCUT2D eigenvalue weighted by Gasteiger charge is -2.33.